The summed E-state index contributed by atoms with van der Waals surface area (Å²) in [5.74, 6) is -0.0773. The maximum absolute atomic E-state index is 12.1. The number of aryl methyl sites for hydroxylation is 1. The Kier molecular flexibility index (Phi) is 5.65. The van der Waals surface area contributed by atoms with E-state index in [1.807, 2.05) is 46.0 Å². The van der Waals surface area contributed by atoms with Crippen molar-refractivity contribution in [2.75, 3.05) is 25.6 Å². The van der Waals surface area contributed by atoms with Crippen LogP contribution in [0, 0.1) is 6.92 Å². The van der Waals surface area contributed by atoms with Crippen LogP contribution in [0.3, 0.4) is 0 Å². The van der Waals surface area contributed by atoms with Crippen molar-refractivity contribution in [1.82, 2.24) is 5.32 Å². The van der Waals surface area contributed by atoms with Crippen LogP contribution in [0.15, 0.2) is 18.2 Å². The molecule has 0 bridgehead atoms. The molecule has 100 valence electrons. The molecule has 0 spiro atoms. The van der Waals surface area contributed by atoms with E-state index in [9.17, 15) is 4.79 Å². The highest BCUT2D eigenvalue weighted by Crippen LogP contribution is 2.16. The third-order valence-electron chi connectivity index (χ3n) is 2.64. The van der Waals surface area contributed by atoms with E-state index in [0.717, 1.165) is 11.3 Å². The molecular weight excluding hydrogens is 228 g/mol. The van der Waals surface area contributed by atoms with Gasteiger partial charge in [-0.05, 0) is 38.5 Å². The third kappa shape index (κ3) is 4.04. The fraction of sp³-hybridized carbons (Fsp3) is 0.500. The Labute approximate surface area is 109 Å². The molecule has 0 saturated heterocycles. The van der Waals surface area contributed by atoms with E-state index in [1.165, 1.54) is 0 Å². The smallest absolute Gasteiger partial charge is 0.253 e. The fourth-order valence-electron chi connectivity index (χ4n) is 1.70. The molecule has 0 aromatic heterocycles. The molecule has 1 aromatic carbocycles. The third-order valence-corrected chi connectivity index (χ3v) is 2.64. The lowest BCUT2D eigenvalue weighted by atomic mass is 10.1. The molecule has 4 heteroatoms. The molecule has 1 aromatic rings. The minimum atomic E-state index is -0.0773. The van der Waals surface area contributed by atoms with Crippen LogP contribution >= 0.6 is 0 Å². The highest BCUT2D eigenvalue weighted by atomic mass is 16.5. The second kappa shape index (κ2) is 7.01. The van der Waals surface area contributed by atoms with Gasteiger partial charge in [0.1, 0.15) is 0 Å². The molecule has 4 nitrogen and oxygen atoms in total. The topological polar surface area (TPSA) is 50.4 Å². The largest absolute Gasteiger partial charge is 0.387 e. The molecule has 1 amide bonds. The molecule has 0 aliphatic heterocycles. The van der Waals surface area contributed by atoms with Gasteiger partial charge in [0.15, 0.2) is 0 Å². The monoisotopic (exact) mass is 250 g/mol. The van der Waals surface area contributed by atoms with Gasteiger partial charge in [-0.2, -0.15) is 0 Å². The lowest BCUT2D eigenvalue weighted by molar-refractivity contribution is 0.0872. The second-order valence-electron chi connectivity index (χ2n) is 4.33. The van der Waals surface area contributed by atoms with Gasteiger partial charge in [-0.1, -0.05) is 6.07 Å². The van der Waals surface area contributed by atoms with E-state index in [1.54, 1.807) is 0 Å². The molecule has 2 N–H and O–H groups in total. The van der Waals surface area contributed by atoms with Crippen molar-refractivity contribution in [2.45, 2.75) is 26.8 Å². The van der Waals surface area contributed by atoms with Crippen LogP contribution in [0.1, 0.15) is 29.8 Å². The van der Waals surface area contributed by atoms with Gasteiger partial charge < -0.3 is 15.4 Å². The molecule has 0 fully saturated rings. The summed E-state index contributed by atoms with van der Waals surface area (Å²) in [7, 11) is 1.81. The minimum Gasteiger partial charge on any atom is -0.387 e. The standard InChI is InChI=1S/C14H22N2O2/c1-5-18-9-11(3)16-14(17)12-7-6-10(2)8-13(12)15-4/h6-8,11,15H,5,9H2,1-4H3,(H,16,17). The van der Waals surface area contributed by atoms with Crippen LogP contribution in [-0.2, 0) is 4.74 Å². The van der Waals surface area contributed by atoms with Gasteiger partial charge in [-0.25, -0.2) is 0 Å². The second-order valence-corrected chi connectivity index (χ2v) is 4.33. The number of carbonyl (C=O) groups excluding carboxylic acids is 1. The van der Waals surface area contributed by atoms with Crippen LogP contribution in [0.25, 0.3) is 0 Å². The van der Waals surface area contributed by atoms with Crippen molar-refractivity contribution in [2.24, 2.45) is 0 Å². The number of anilines is 1. The summed E-state index contributed by atoms with van der Waals surface area (Å²) >= 11 is 0. The van der Waals surface area contributed by atoms with Gasteiger partial charge >= 0.3 is 0 Å². The summed E-state index contributed by atoms with van der Waals surface area (Å²) in [6, 6.07) is 5.73. The number of benzene rings is 1. The maximum atomic E-state index is 12.1. The fourth-order valence-corrected chi connectivity index (χ4v) is 1.70. The molecule has 0 aliphatic carbocycles. The van der Waals surface area contributed by atoms with Gasteiger partial charge in [-0.3, -0.25) is 4.79 Å². The van der Waals surface area contributed by atoms with Gasteiger partial charge in [-0.15, -0.1) is 0 Å². The van der Waals surface area contributed by atoms with E-state index < -0.39 is 0 Å². The zero-order valence-corrected chi connectivity index (χ0v) is 11.5. The molecule has 18 heavy (non-hydrogen) atoms. The predicted octanol–water partition coefficient (Wildman–Crippen LogP) is 2.19. The number of ether oxygens (including phenoxy) is 1. The van der Waals surface area contributed by atoms with Gasteiger partial charge in [0, 0.05) is 25.4 Å². The number of carbonyl (C=O) groups is 1. The van der Waals surface area contributed by atoms with E-state index >= 15 is 0 Å². The van der Waals surface area contributed by atoms with Crippen LogP contribution in [0.4, 0.5) is 5.69 Å². The molecule has 0 aliphatic rings. The van der Waals surface area contributed by atoms with Crippen molar-refractivity contribution in [3.63, 3.8) is 0 Å². The average molecular weight is 250 g/mol. The molecule has 1 unspecified atom stereocenters. The maximum Gasteiger partial charge on any atom is 0.253 e. The number of nitrogens with one attached hydrogen (secondary N) is 2. The number of hydrogen-bond donors (Lipinski definition) is 2. The normalized spacial score (nSPS) is 12.0. The number of hydrogen-bond acceptors (Lipinski definition) is 3. The van der Waals surface area contributed by atoms with Crippen molar-refractivity contribution in [1.29, 1.82) is 0 Å². The summed E-state index contributed by atoms with van der Waals surface area (Å²) < 4.78 is 5.28. The van der Waals surface area contributed by atoms with Crippen LogP contribution < -0.4 is 10.6 Å². The van der Waals surface area contributed by atoms with Crippen LogP contribution in [-0.4, -0.2) is 32.2 Å². The van der Waals surface area contributed by atoms with Gasteiger partial charge in [0.25, 0.3) is 5.91 Å². The molecule has 0 saturated carbocycles. The van der Waals surface area contributed by atoms with E-state index in [-0.39, 0.29) is 11.9 Å². The lowest BCUT2D eigenvalue weighted by Gasteiger charge is -2.15. The first-order valence-corrected chi connectivity index (χ1v) is 6.25. The summed E-state index contributed by atoms with van der Waals surface area (Å²) in [5.41, 5.74) is 2.63. The van der Waals surface area contributed by atoms with Crippen molar-refractivity contribution < 1.29 is 9.53 Å². The molecular formula is C14H22N2O2. The zero-order valence-electron chi connectivity index (χ0n) is 11.5. The summed E-state index contributed by atoms with van der Waals surface area (Å²) in [4.78, 5) is 12.1. The first-order valence-electron chi connectivity index (χ1n) is 6.25. The molecule has 0 radical (unpaired) electrons. The van der Waals surface area contributed by atoms with Gasteiger partial charge in [0.2, 0.25) is 0 Å². The summed E-state index contributed by atoms with van der Waals surface area (Å²) in [5, 5.41) is 5.96. The van der Waals surface area contributed by atoms with E-state index in [0.29, 0.717) is 18.8 Å². The SMILES string of the molecule is CCOCC(C)NC(=O)c1ccc(C)cc1NC. The van der Waals surface area contributed by atoms with Crippen LogP contribution in [0.5, 0.6) is 0 Å². The van der Waals surface area contributed by atoms with Gasteiger partial charge in [0.05, 0.1) is 12.2 Å². The average Bonchev–Trinajstić information content (AvgIpc) is 2.35. The minimum absolute atomic E-state index is 0.00320. The summed E-state index contributed by atoms with van der Waals surface area (Å²) in [6.07, 6.45) is 0. The zero-order chi connectivity index (χ0) is 13.5. The lowest BCUT2D eigenvalue weighted by Crippen LogP contribution is -2.36. The Morgan fingerprint density at radius 1 is 1.44 bits per heavy atom. The molecule has 1 atom stereocenters. The van der Waals surface area contributed by atoms with Crippen molar-refractivity contribution >= 4 is 11.6 Å². The van der Waals surface area contributed by atoms with E-state index in [4.69, 9.17) is 4.74 Å². The Bertz CT molecular complexity index is 405. The van der Waals surface area contributed by atoms with Crippen molar-refractivity contribution in [3.05, 3.63) is 29.3 Å². The molecule has 0 heterocycles. The van der Waals surface area contributed by atoms with E-state index in [2.05, 4.69) is 10.6 Å². The Morgan fingerprint density at radius 3 is 2.78 bits per heavy atom. The first-order chi connectivity index (χ1) is 8.58. The first kappa shape index (κ1) is 14.5. The Balaban J connectivity index is 2.72. The highest BCUT2D eigenvalue weighted by molar-refractivity contribution is 5.99. The Morgan fingerprint density at radius 2 is 2.17 bits per heavy atom. The van der Waals surface area contributed by atoms with Crippen molar-refractivity contribution in [3.8, 4) is 0 Å². The highest BCUT2D eigenvalue weighted by Gasteiger charge is 2.13. The Hall–Kier alpha value is -1.55. The number of amides is 1. The molecule has 1 rings (SSSR count). The quantitative estimate of drug-likeness (QED) is 0.813. The number of rotatable bonds is 6. The summed E-state index contributed by atoms with van der Waals surface area (Å²) in [6.45, 7) is 7.06. The van der Waals surface area contributed by atoms with Crippen LogP contribution in [0.2, 0.25) is 0 Å². The predicted molar refractivity (Wildman–Crippen MR) is 74.1 cm³/mol.